The average molecular weight is 327 g/mol. The molecular weight excluding hydrogens is 304 g/mol. The van der Waals surface area contributed by atoms with E-state index in [4.69, 9.17) is 11.6 Å². The summed E-state index contributed by atoms with van der Waals surface area (Å²) >= 11 is 7.83. The second-order valence-corrected chi connectivity index (χ2v) is 6.68. The van der Waals surface area contributed by atoms with Gasteiger partial charge >= 0.3 is 0 Å². The number of nitrogens with zero attached hydrogens (tertiary/aromatic N) is 1. The Hall–Kier alpha value is -0.710. The molecule has 116 valence electrons. The minimum absolute atomic E-state index is 0.0674. The van der Waals surface area contributed by atoms with Crippen LogP contribution in [0.5, 0.6) is 0 Å². The molecule has 0 spiro atoms. The fourth-order valence-electron chi connectivity index (χ4n) is 2.65. The first kappa shape index (κ1) is 16.7. The van der Waals surface area contributed by atoms with E-state index in [1.165, 1.54) is 0 Å². The number of nitrogens with one attached hydrogen (secondary N) is 1. The Balaban J connectivity index is 1.98. The van der Waals surface area contributed by atoms with Gasteiger partial charge in [-0.15, -0.1) is 11.8 Å². The Morgan fingerprint density at radius 1 is 1.43 bits per heavy atom. The molecule has 0 aromatic heterocycles. The minimum atomic E-state index is 0.0674. The number of carbonyl (C=O) groups excluding carboxylic acids is 1. The molecule has 1 fully saturated rings. The molecule has 1 aliphatic heterocycles. The van der Waals surface area contributed by atoms with Gasteiger partial charge in [0.2, 0.25) is 0 Å². The normalized spacial score (nSPS) is 16.2. The zero-order chi connectivity index (χ0) is 15.2. The lowest BCUT2D eigenvalue weighted by molar-refractivity contribution is 0.0690. The standard InChI is InChI=1S/C16H23ClN2OS/c1-3-18-11-12-6-8-19(9-7-12)16(20)14-10-13(21-2)4-5-15(14)17/h4-5,10,12,18H,3,6-9,11H2,1-2H3. The Morgan fingerprint density at radius 2 is 2.14 bits per heavy atom. The van der Waals surface area contributed by atoms with E-state index in [-0.39, 0.29) is 5.91 Å². The second-order valence-electron chi connectivity index (χ2n) is 5.39. The van der Waals surface area contributed by atoms with Gasteiger partial charge in [-0.05, 0) is 56.3 Å². The molecule has 5 heteroatoms. The predicted molar refractivity (Wildman–Crippen MR) is 90.4 cm³/mol. The Labute approximate surface area is 136 Å². The Morgan fingerprint density at radius 3 is 2.76 bits per heavy atom. The molecule has 1 amide bonds. The molecule has 3 nitrogen and oxygen atoms in total. The van der Waals surface area contributed by atoms with Gasteiger partial charge in [0, 0.05) is 18.0 Å². The summed E-state index contributed by atoms with van der Waals surface area (Å²) in [5.41, 5.74) is 0.633. The van der Waals surface area contributed by atoms with Crippen LogP contribution in [0, 0.1) is 5.92 Å². The highest BCUT2D eigenvalue weighted by molar-refractivity contribution is 7.98. The smallest absolute Gasteiger partial charge is 0.255 e. The highest BCUT2D eigenvalue weighted by atomic mass is 35.5. The van der Waals surface area contributed by atoms with Gasteiger partial charge in [0.05, 0.1) is 10.6 Å². The lowest BCUT2D eigenvalue weighted by Crippen LogP contribution is -2.40. The predicted octanol–water partition coefficient (Wildman–Crippen LogP) is 3.52. The van der Waals surface area contributed by atoms with E-state index in [1.807, 2.05) is 29.4 Å². The van der Waals surface area contributed by atoms with Crippen molar-refractivity contribution in [3.63, 3.8) is 0 Å². The highest BCUT2D eigenvalue weighted by Gasteiger charge is 2.24. The van der Waals surface area contributed by atoms with Gasteiger partial charge in [0.1, 0.15) is 0 Å². The lowest BCUT2D eigenvalue weighted by Gasteiger charge is -2.32. The van der Waals surface area contributed by atoms with E-state index in [0.29, 0.717) is 16.5 Å². The van der Waals surface area contributed by atoms with Crippen LogP contribution < -0.4 is 5.32 Å². The van der Waals surface area contributed by atoms with Crippen LogP contribution in [0.4, 0.5) is 0 Å². The molecule has 21 heavy (non-hydrogen) atoms. The van der Waals surface area contributed by atoms with E-state index >= 15 is 0 Å². The molecule has 0 unspecified atom stereocenters. The van der Waals surface area contributed by atoms with Crippen molar-refractivity contribution in [2.24, 2.45) is 5.92 Å². The molecule has 0 radical (unpaired) electrons. The quantitative estimate of drug-likeness (QED) is 0.840. The fraction of sp³-hybridized carbons (Fsp3) is 0.562. The summed E-state index contributed by atoms with van der Waals surface area (Å²) in [5.74, 6) is 0.750. The van der Waals surface area contributed by atoms with Crippen LogP contribution in [0.3, 0.4) is 0 Å². The number of carbonyl (C=O) groups is 1. The van der Waals surface area contributed by atoms with Gasteiger partial charge in [-0.1, -0.05) is 18.5 Å². The third kappa shape index (κ3) is 4.38. The van der Waals surface area contributed by atoms with Gasteiger partial charge in [0.25, 0.3) is 5.91 Å². The lowest BCUT2D eigenvalue weighted by atomic mass is 9.96. The maximum absolute atomic E-state index is 12.6. The number of likely N-dealkylation sites (tertiary alicyclic amines) is 1. The minimum Gasteiger partial charge on any atom is -0.339 e. The van der Waals surface area contributed by atoms with E-state index in [2.05, 4.69) is 12.2 Å². The van der Waals surface area contributed by atoms with E-state index in [9.17, 15) is 4.79 Å². The van der Waals surface area contributed by atoms with Crippen LogP contribution in [0.1, 0.15) is 30.1 Å². The molecule has 0 aliphatic carbocycles. The number of benzene rings is 1. The molecule has 0 saturated carbocycles. The number of hydrogen-bond donors (Lipinski definition) is 1. The third-order valence-electron chi connectivity index (χ3n) is 3.99. The van der Waals surface area contributed by atoms with Crippen molar-refractivity contribution in [2.45, 2.75) is 24.7 Å². The summed E-state index contributed by atoms with van der Waals surface area (Å²) in [4.78, 5) is 15.6. The summed E-state index contributed by atoms with van der Waals surface area (Å²) < 4.78 is 0. The number of halogens is 1. The fourth-order valence-corrected chi connectivity index (χ4v) is 3.29. The summed E-state index contributed by atoms with van der Waals surface area (Å²) in [6.07, 6.45) is 4.14. The monoisotopic (exact) mass is 326 g/mol. The van der Waals surface area contributed by atoms with Crippen LogP contribution in [0.2, 0.25) is 5.02 Å². The van der Waals surface area contributed by atoms with Crippen molar-refractivity contribution in [1.82, 2.24) is 10.2 Å². The average Bonchev–Trinajstić information content (AvgIpc) is 2.53. The molecule has 0 atom stereocenters. The maximum Gasteiger partial charge on any atom is 0.255 e. The molecule has 1 heterocycles. The summed E-state index contributed by atoms with van der Waals surface area (Å²) in [6, 6.07) is 5.67. The maximum atomic E-state index is 12.6. The Kier molecular flexibility index (Phi) is 6.40. The SMILES string of the molecule is CCNCC1CCN(C(=O)c2cc(SC)ccc2Cl)CC1. The molecule has 1 aliphatic rings. The molecule has 1 aromatic rings. The van der Waals surface area contributed by atoms with Gasteiger partial charge in [-0.3, -0.25) is 4.79 Å². The van der Waals surface area contributed by atoms with Crippen molar-refractivity contribution < 1.29 is 4.79 Å². The van der Waals surface area contributed by atoms with E-state index < -0.39 is 0 Å². The molecule has 1 aromatic carbocycles. The number of thioether (sulfide) groups is 1. The molecule has 2 rings (SSSR count). The summed E-state index contributed by atoms with van der Waals surface area (Å²) in [5, 5.41) is 3.94. The second kappa shape index (κ2) is 8.06. The number of hydrogen-bond acceptors (Lipinski definition) is 3. The third-order valence-corrected chi connectivity index (χ3v) is 5.04. The van der Waals surface area contributed by atoms with E-state index in [1.54, 1.807) is 11.8 Å². The van der Waals surface area contributed by atoms with Crippen LogP contribution in [-0.2, 0) is 0 Å². The molecule has 0 bridgehead atoms. The zero-order valence-corrected chi connectivity index (χ0v) is 14.3. The van der Waals surface area contributed by atoms with Gasteiger partial charge in [-0.25, -0.2) is 0 Å². The van der Waals surface area contributed by atoms with Crippen molar-refractivity contribution in [1.29, 1.82) is 0 Å². The number of piperidine rings is 1. The summed E-state index contributed by atoms with van der Waals surface area (Å²) in [6.45, 7) is 5.85. The van der Waals surface area contributed by atoms with Crippen LogP contribution in [0.25, 0.3) is 0 Å². The van der Waals surface area contributed by atoms with Crippen molar-refractivity contribution in [2.75, 3.05) is 32.4 Å². The van der Waals surface area contributed by atoms with Crippen molar-refractivity contribution >= 4 is 29.3 Å². The topological polar surface area (TPSA) is 32.3 Å². The van der Waals surface area contributed by atoms with Crippen LogP contribution >= 0.6 is 23.4 Å². The molecule has 1 N–H and O–H groups in total. The molecule has 1 saturated heterocycles. The molecular formula is C16H23ClN2OS. The van der Waals surface area contributed by atoms with Gasteiger partial charge in [0.15, 0.2) is 0 Å². The zero-order valence-electron chi connectivity index (χ0n) is 12.7. The van der Waals surface area contributed by atoms with Gasteiger partial charge in [-0.2, -0.15) is 0 Å². The highest BCUT2D eigenvalue weighted by Crippen LogP contribution is 2.26. The largest absolute Gasteiger partial charge is 0.339 e. The van der Waals surface area contributed by atoms with E-state index in [0.717, 1.165) is 43.9 Å². The first-order valence-electron chi connectivity index (χ1n) is 7.49. The van der Waals surface area contributed by atoms with Crippen molar-refractivity contribution in [3.8, 4) is 0 Å². The van der Waals surface area contributed by atoms with Crippen LogP contribution in [0.15, 0.2) is 23.1 Å². The first-order chi connectivity index (χ1) is 10.2. The van der Waals surface area contributed by atoms with Gasteiger partial charge < -0.3 is 10.2 Å². The summed E-state index contributed by atoms with van der Waals surface area (Å²) in [7, 11) is 0. The number of rotatable bonds is 5. The van der Waals surface area contributed by atoms with Crippen molar-refractivity contribution in [3.05, 3.63) is 28.8 Å². The first-order valence-corrected chi connectivity index (χ1v) is 9.09. The number of amides is 1. The Bertz CT molecular complexity index is 487. The van der Waals surface area contributed by atoms with Crippen LogP contribution in [-0.4, -0.2) is 43.2 Å².